The molecule has 2 N–H and O–H groups in total. The highest BCUT2D eigenvalue weighted by atomic mass is 35.5. The minimum atomic E-state index is -1.23. The lowest BCUT2D eigenvalue weighted by molar-refractivity contribution is -0.144. The number of esters is 1. The Bertz CT molecular complexity index is 1150. The van der Waals surface area contributed by atoms with E-state index in [9.17, 15) is 24.3 Å². The second kappa shape index (κ2) is 9.65. The Labute approximate surface area is 192 Å². The predicted molar refractivity (Wildman–Crippen MR) is 113 cm³/mol. The first-order chi connectivity index (χ1) is 15.6. The number of hydrogen-bond acceptors (Lipinski definition) is 8. The lowest BCUT2D eigenvalue weighted by Gasteiger charge is -2.17. The fraction of sp³-hybridized carbons (Fsp3) is 0.238. The Morgan fingerprint density at radius 1 is 1.27 bits per heavy atom. The van der Waals surface area contributed by atoms with E-state index in [0.29, 0.717) is 0 Å². The molecule has 1 aromatic carbocycles. The number of halogens is 1. The first kappa shape index (κ1) is 23.7. The van der Waals surface area contributed by atoms with Crippen molar-refractivity contribution in [2.75, 3.05) is 14.2 Å². The van der Waals surface area contributed by atoms with Crippen molar-refractivity contribution in [2.45, 2.75) is 19.6 Å². The number of amides is 3. The zero-order valence-electron chi connectivity index (χ0n) is 17.7. The van der Waals surface area contributed by atoms with Crippen molar-refractivity contribution in [3.63, 3.8) is 0 Å². The number of hydrogen-bond donors (Lipinski definition) is 2. The molecule has 0 bridgehead atoms. The molecule has 3 amide bonds. The van der Waals surface area contributed by atoms with E-state index in [1.807, 2.05) is 0 Å². The van der Waals surface area contributed by atoms with Gasteiger partial charge in [0.1, 0.15) is 11.5 Å². The number of methoxy groups -OCH3 is 2. The summed E-state index contributed by atoms with van der Waals surface area (Å²) in [4.78, 5) is 48.9. The number of aliphatic carboxylic acids is 1. The second-order valence-corrected chi connectivity index (χ2v) is 7.20. The Balaban J connectivity index is 1.91. The van der Waals surface area contributed by atoms with Crippen molar-refractivity contribution in [3.8, 4) is 11.5 Å². The zero-order chi connectivity index (χ0) is 24.3. The van der Waals surface area contributed by atoms with E-state index in [0.717, 1.165) is 4.90 Å². The highest BCUT2D eigenvalue weighted by molar-refractivity contribution is 6.31. The first-order valence-corrected chi connectivity index (χ1v) is 9.81. The number of imide groups is 1. The van der Waals surface area contributed by atoms with E-state index in [4.69, 9.17) is 25.5 Å². The van der Waals surface area contributed by atoms with Crippen LogP contribution in [-0.2, 0) is 20.9 Å². The third kappa shape index (κ3) is 5.09. The Hall–Kier alpha value is -3.99. The molecule has 0 radical (unpaired) electrons. The molecule has 0 spiro atoms. The molecule has 1 atom stereocenters. The number of ether oxygens (including phenoxy) is 3. The average molecular weight is 479 g/mol. The second-order valence-electron chi connectivity index (χ2n) is 6.76. The van der Waals surface area contributed by atoms with Crippen LogP contribution in [0.5, 0.6) is 11.5 Å². The van der Waals surface area contributed by atoms with Crippen LogP contribution < -0.4 is 14.8 Å². The number of urea groups is 1. The number of carbonyl (C=O) groups excluding carboxylic acids is 3. The number of nitrogens with one attached hydrogen (secondary N) is 1. The summed E-state index contributed by atoms with van der Waals surface area (Å²) in [6.07, 6.45) is 0.0612. The Morgan fingerprint density at radius 2 is 2.00 bits per heavy atom. The van der Waals surface area contributed by atoms with E-state index in [2.05, 4.69) is 10.1 Å². The minimum Gasteiger partial charge on any atom is -0.493 e. The normalized spacial score (nSPS) is 15.4. The summed E-state index contributed by atoms with van der Waals surface area (Å²) in [6, 6.07) is 4.93. The van der Waals surface area contributed by atoms with E-state index < -0.39 is 30.0 Å². The molecule has 1 aliphatic heterocycles. The van der Waals surface area contributed by atoms with Gasteiger partial charge in [-0.05, 0) is 31.2 Å². The standard InChI is InChI=1S/C21H19ClN2O9/c1-10(19(26)27)32-17-11(6-12(22)8-16(17)30-2)7-14-18(25)24(21(29)23-14)9-13-4-5-15(33-13)20(28)31-3/h4-8,10H,9H2,1-3H3,(H,23,29)(H,26,27)/b14-7+/t10-/m1/s1. The fourth-order valence-electron chi connectivity index (χ4n) is 2.90. The summed E-state index contributed by atoms with van der Waals surface area (Å²) < 4.78 is 20.6. The van der Waals surface area contributed by atoms with Crippen LogP contribution in [0, 0.1) is 0 Å². The van der Waals surface area contributed by atoms with E-state index >= 15 is 0 Å². The maximum absolute atomic E-state index is 12.8. The molecule has 2 heterocycles. The number of furan rings is 1. The SMILES string of the molecule is COC(=O)c1ccc(CN2C(=O)N/C(=C/c3cc(Cl)cc(OC)c3O[C@H](C)C(=O)O)C2=O)o1. The lowest BCUT2D eigenvalue weighted by Crippen LogP contribution is -2.30. The molecule has 1 aliphatic rings. The van der Waals surface area contributed by atoms with Crippen LogP contribution in [0.25, 0.3) is 6.08 Å². The molecule has 11 nitrogen and oxygen atoms in total. The van der Waals surface area contributed by atoms with Crippen LogP contribution in [0.3, 0.4) is 0 Å². The molecule has 174 valence electrons. The summed E-state index contributed by atoms with van der Waals surface area (Å²) >= 11 is 6.11. The van der Waals surface area contributed by atoms with Gasteiger partial charge in [-0.25, -0.2) is 14.4 Å². The summed E-state index contributed by atoms with van der Waals surface area (Å²) in [5.74, 6) is -2.32. The van der Waals surface area contributed by atoms with Crippen molar-refractivity contribution >= 4 is 41.6 Å². The molecule has 0 aliphatic carbocycles. The van der Waals surface area contributed by atoms with Gasteiger partial charge >= 0.3 is 18.0 Å². The topological polar surface area (TPSA) is 145 Å². The molecule has 1 aromatic heterocycles. The van der Waals surface area contributed by atoms with Gasteiger partial charge < -0.3 is 29.1 Å². The number of carboxylic acids is 1. The van der Waals surface area contributed by atoms with Gasteiger partial charge in [-0.3, -0.25) is 9.69 Å². The zero-order valence-corrected chi connectivity index (χ0v) is 18.5. The highest BCUT2D eigenvalue weighted by Gasteiger charge is 2.35. The summed E-state index contributed by atoms with van der Waals surface area (Å²) in [5, 5.41) is 11.8. The van der Waals surface area contributed by atoms with Crippen molar-refractivity contribution < 1.29 is 42.9 Å². The number of carboxylic acid groups (broad SMARTS) is 1. The van der Waals surface area contributed by atoms with Crippen LogP contribution >= 0.6 is 11.6 Å². The molecular weight excluding hydrogens is 460 g/mol. The van der Waals surface area contributed by atoms with Crippen molar-refractivity contribution in [2.24, 2.45) is 0 Å². The van der Waals surface area contributed by atoms with Gasteiger partial charge in [0.15, 0.2) is 17.6 Å². The number of carbonyl (C=O) groups is 4. The fourth-order valence-corrected chi connectivity index (χ4v) is 3.12. The number of rotatable bonds is 8. The van der Waals surface area contributed by atoms with Crippen molar-refractivity contribution in [3.05, 3.63) is 52.1 Å². The average Bonchev–Trinajstić information content (AvgIpc) is 3.35. The van der Waals surface area contributed by atoms with Gasteiger partial charge in [0.2, 0.25) is 5.76 Å². The maximum Gasteiger partial charge on any atom is 0.373 e. The van der Waals surface area contributed by atoms with Gasteiger partial charge in [0.25, 0.3) is 5.91 Å². The third-order valence-electron chi connectivity index (χ3n) is 4.53. The van der Waals surface area contributed by atoms with E-state index in [1.54, 1.807) is 0 Å². The molecular formula is C21H19ClN2O9. The highest BCUT2D eigenvalue weighted by Crippen LogP contribution is 2.37. The third-order valence-corrected chi connectivity index (χ3v) is 4.75. The van der Waals surface area contributed by atoms with Crippen LogP contribution in [0.15, 0.2) is 34.4 Å². The predicted octanol–water partition coefficient (Wildman–Crippen LogP) is 2.67. The molecule has 3 rings (SSSR count). The van der Waals surface area contributed by atoms with Gasteiger partial charge in [0.05, 0.1) is 20.8 Å². The van der Waals surface area contributed by atoms with Crippen molar-refractivity contribution in [1.29, 1.82) is 0 Å². The molecule has 12 heteroatoms. The lowest BCUT2D eigenvalue weighted by atomic mass is 10.1. The molecule has 33 heavy (non-hydrogen) atoms. The van der Waals surface area contributed by atoms with Gasteiger partial charge in [-0.1, -0.05) is 11.6 Å². The summed E-state index contributed by atoms with van der Waals surface area (Å²) in [5.41, 5.74) is 0.0980. The smallest absolute Gasteiger partial charge is 0.373 e. The molecule has 0 saturated carbocycles. The molecule has 1 fully saturated rings. The Morgan fingerprint density at radius 3 is 2.64 bits per heavy atom. The van der Waals surface area contributed by atoms with Crippen molar-refractivity contribution in [1.82, 2.24) is 10.2 Å². The Kier molecular flexibility index (Phi) is 6.92. The largest absolute Gasteiger partial charge is 0.493 e. The quantitative estimate of drug-likeness (QED) is 0.332. The van der Waals surface area contributed by atoms with Gasteiger partial charge in [-0.15, -0.1) is 0 Å². The maximum atomic E-state index is 12.8. The van der Waals surface area contributed by atoms with Crippen LogP contribution in [0.1, 0.15) is 28.8 Å². The number of nitrogens with zero attached hydrogens (tertiary/aromatic N) is 1. The van der Waals surface area contributed by atoms with Crippen LogP contribution in [0.2, 0.25) is 5.02 Å². The summed E-state index contributed by atoms with van der Waals surface area (Å²) in [7, 11) is 2.54. The van der Waals surface area contributed by atoms with Crippen LogP contribution in [-0.4, -0.2) is 54.2 Å². The van der Waals surface area contributed by atoms with E-state index in [1.165, 1.54) is 51.5 Å². The monoisotopic (exact) mass is 478 g/mol. The molecule has 1 saturated heterocycles. The van der Waals surface area contributed by atoms with Gasteiger partial charge in [0, 0.05) is 16.7 Å². The first-order valence-electron chi connectivity index (χ1n) is 9.43. The molecule has 0 unspecified atom stereocenters. The van der Waals surface area contributed by atoms with Gasteiger partial charge in [-0.2, -0.15) is 0 Å². The summed E-state index contributed by atoms with van der Waals surface area (Å²) in [6.45, 7) is 1.08. The minimum absolute atomic E-state index is 0.0264. The van der Waals surface area contributed by atoms with E-state index in [-0.39, 0.29) is 45.8 Å². The van der Waals surface area contributed by atoms with Crippen LogP contribution in [0.4, 0.5) is 4.79 Å². The number of benzene rings is 1. The molecule has 2 aromatic rings.